The molecule has 2 heterocycles. The number of nitrogens with zero attached hydrogens (tertiary/aromatic N) is 2. The number of ether oxygens (including phenoxy) is 1. The standard InChI is InChI=1S/C11H16N2O3/c1-2-16-11(15)10-12-8(7-14)9-5-3-4-6-13(9)10/h14H,2-7H2,1H3. The lowest BCUT2D eigenvalue weighted by atomic mass is 10.1. The van der Waals surface area contributed by atoms with Crippen LogP contribution < -0.4 is 0 Å². The smallest absolute Gasteiger partial charge is 0.374 e. The van der Waals surface area contributed by atoms with Crippen LogP contribution in [0.3, 0.4) is 0 Å². The number of fused-ring (bicyclic) bond motifs is 1. The minimum atomic E-state index is -0.398. The van der Waals surface area contributed by atoms with Crippen molar-refractivity contribution in [2.24, 2.45) is 0 Å². The Kier molecular flexibility index (Phi) is 3.24. The van der Waals surface area contributed by atoms with Crippen LogP contribution in [0.15, 0.2) is 0 Å². The summed E-state index contributed by atoms with van der Waals surface area (Å²) in [4.78, 5) is 15.8. The molecule has 0 atom stereocenters. The molecule has 5 heteroatoms. The third-order valence-corrected chi connectivity index (χ3v) is 2.81. The molecule has 0 fully saturated rings. The lowest BCUT2D eigenvalue weighted by Crippen LogP contribution is -2.18. The van der Waals surface area contributed by atoms with E-state index in [1.54, 1.807) is 6.92 Å². The number of rotatable bonds is 3. The van der Waals surface area contributed by atoms with Gasteiger partial charge < -0.3 is 14.4 Å². The summed E-state index contributed by atoms with van der Waals surface area (Å²) in [7, 11) is 0. The first kappa shape index (κ1) is 11.1. The fourth-order valence-corrected chi connectivity index (χ4v) is 2.10. The molecule has 0 amide bonds. The summed E-state index contributed by atoms with van der Waals surface area (Å²) in [5.41, 5.74) is 1.60. The zero-order chi connectivity index (χ0) is 11.5. The van der Waals surface area contributed by atoms with Gasteiger partial charge in [-0.25, -0.2) is 9.78 Å². The van der Waals surface area contributed by atoms with E-state index in [2.05, 4.69) is 4.98 Å². The molecule has 0 bridgehead atoms. The Morgan fingerprint density at radius 1 is 1.56 bits per heavy atom. The molecule has 1 aliphatic heterocycles. The number of carbonyl (C=O) groups excluding carboxylic acids is 1. The molecule has 1 aliphatic rings. The zero-order valence-corrected chi connectivity index (χ0v) is 9.40. The summed E-state index contributed by atoms with van der Waals surface area (Å²) in [6.45, 7) is 2.78. The Hall–Kier alpha value is -1.36. The second-order valence-electron chi connectivity index (χ2n) is 3.82. The molecule has 2 rings (SSSR count). The van der Waals surface area contributed by atoms with Crippen molar-refractivity contribution in [1.82, 2.24) is 9.55 Å². The average molecular weight is 224 g/mol. The van der Waals surface area contributed by atoms with E-state index < -0.39 is 5.97 Å². The van der Waals surface area contributed by atoms with Crippen LogP contribution in [-0.4, -0.2) is 27.2 Å². The molecule has 1 aromatic heterocycles. The van der Waals surface area contributed by atoms with Crippen molar-refractivity contribution in [3.05, 3.63) is 17.2 Å². The van der Waals surface area contributed by atoms with Gasteiger partial charge in [-0.1, -0.05) is 0 Å². The van der Waals surface area contributed by atoms with Gasteiger partial charge in [0, 0.05) is 12.2 Å². The lowest BCUT2D eigenvalue weighted by molar-refractivity contribution is 0.0505. The minimum Gasteiger partial charge on any atom is -0.460 e. The molecule has 0 unspecified atom stereocenters. The molecule has 0 spiro atoms. The molecule has 0 saturated carbocycles. The average Bonchev–Trinajstić information content (AvgIpc) is 2.68. The van der Waals surface area contributed by atoms with E-state index in [4.69, 9.17) is 4.74 Å². The molecule has 16 heavy (non-hydrogen) atoms. The first-order valence-electron chi connectivity index (χ1n) is 5.64. The number of hydrogen-bond acceptors (Lipinski definition) is 4. The number of carbonyl (C=O) groups is 1. The second kappa shape index (κ2) is 4.65. The third kappa shape index (κ3) is 1.82. The molecule has 1 N–H and O–H groups in total. The van der Waals surface area contributed by atoms with Crippen molar-refractivity contribution in [3.63, 3.8) is 0 Å². The first-order chi connectivity index (χ1) is 7.77. The molecule has 0 saturated heterocycles. The predicted octanol–water partition coefficient (Wildman–Crippen LogP) is 0.888. The number of esters is 1. The highest BCUT2D eigenvalue weighted by Crippen LogP contribution is 2.21. The number of aliphatic hydroxyl groups is 1. The summed E-state index contributed by atoms with van der Waals surface area (Å²) in [6.07, 6.45) is 3.00. The van der Waals surface area contributed by atoms with Crippen LogP contribution in [0, 0.1) is 0 Å². The van der Waals surface area contributed by atoms with E-state index in [0.717, 1.165) is 31.5 Å². The Morgan fingerprint density at radius 3 is 3.06 bits per heavy atom. The number of aliphatic hydroxyl groups excluding tert-OH is 1. The maximum absolute atomic E-state index is 11.7. The van der Waals surface area contributed by atoms with Crippen LogP contribution in [0.5, 0.6) is 0 Å². The summed E-state index contributed by atoms with van der Waals surface area (Å²) >= 11 is 0. The Balaban J connectivity index is 2.38. The number of aromatic nitrogens is 2. The fraction of sp³-hybridized carbons (Fsp3) is 0.636. The van der Waals surface area contributed by atoms with Crippen molar-refractivity contribution in [2.75, 3.05) is 6.61 Å². The van der Waals surface area contributed by atoms with E-state index in [1.165, 1.54) is 0 Å². The molecule has 1 aromatic rings. The SMILES string of the molecule is CCOC(=O)c1nc(CO)c2n1CCCC2. The monoisotopic (exact) mass is 224 g/mol. The van der Waals surface area contributed by atoms with Crippen molar-refractivity contribution < 1.29 is 14.6 Å². The Morgan fingerprint density at radius 2 is 2.38 bits per heavy atom. The Labute approximate surface area is 94.1 Å². The van der Waals surface area contributed by atoms with Crippen LogP contribution in [0.2, 0.25) is 0 Å². The van der Waals surface area contributed by atoms with E-state index in [0.29, 0.717) is 18.1 Å². The van der Waals surface area contributed by atoms with Crippen molar-refractivity contribution in [2.45, 2.75) is 39.3 Å². The van der Waals surface area contributed by atoms with Crippen LogP contribution in [-0.2, 0) is 24.3 Å². The predicted molar refractivity (Wildman–Crippen MR) is 57.0 cm³/mol. The van der Waals surface area contributed by atoms with Crippen LogP contribution in [0.25, 0.3) is 0 Å². The fourth-order valence-electron chi connectivity index (χ4n) is 2.10. The van der Waals surface area contributed by atoms with E-state index in [-0.39, 0.29) is 6.61 Å². The minimum absolute atomic E-state index is 0.116. The van der Waals surface area contributed by atoms with Crippen LogP contribution in [0.1, 0.15) is 41.8 Å². The summed E-state index contributed by atoms with van der Waals surface area (Å²) in [5, 5.41) is 9.19. The highest BCUT2D eigenvalue weighted by atomic mass is 16.5. The second-order valence-corrected chi connectivity index (χ2v) is 3.82. The number of imidazole rings is 1. The molecule has 0 radical (unpaired) electrons. The van der Waals surface area contributed by atoms with E-state index in [9.17, 15) is 9.90 Å². The molecule has 0 aliphatic carbocycles. The summed E-state index contributed by atoms with van der Waals surface area (Å²) < 4.78 is 6.83. The topological polar surface area (TPSA) is 64.3 Å². The molecular formula is C11H16N2O3. The van der Waals surface area contributed by atoms with Gasteiger partial charge in [0.2, 0.25) is 5.82 Å². The van der Waals surface area contributed by atoms with Gasteiger partial charge in [0.1, 0.15) is 0 Å². The summed E-state index contributed by atoms with van der Waals surface area (Å²) in [6, 6.07) is 0. The maximum Gasteiger partial charge on any atom is 0.374 e. The van der Waals surface area contributed by atoms with Gasteiger partial charge in [0.05, 0.1) is 18.9 Å². The van der Waals surface area contributed by atoms with E-state index in [1.807, 2.05) is 4.57 Å². The van der Waals surface area contributed by atoms with Crippen molar-refractivity contribution in [1.29, 1.82) is 0 Å². The van der Waals surface area contributed by atoms with E-state index >= 15 is 0 Å². The van der Waals surface area contributed by atoms with Crippen LogP contribution in [0.4, 0.5) is 0 Å². The summed E-state index contributed by atoms with van der Waals surface area (Å²) in [5.74, 6) is -0.0639. The first-order valence-corrected chi connectivity index (χ1v) is 5.64. The third-order valence-electron chi connectivity index (χ3n) is 2.81. The molecular weight excluding hydrogens is 208 g/mol. The van der Waals surface area contributed by atoms with Crippen molar-refractivity contribution >= 4 is 5.97 Å². The molecule has 5 nitrogen and oxygen atoms in total. The zero-order valence-electron chi connectivity index (χ0n) is 9.40. The molecule has 88 valence electrons. The lowest BCUT2D eigenvalue weighted by Gasteiger charge is -2.16. The Bertz CT molecular complexity index is 398. The van der Waals surface area contributed by atoms with Gasteiger partial charge in [0.25, 0.3) is 0 Å². The van der Waals surface area contributed by atoms with Crippen LogP contribution >= 0.6 is 0 Å². The maximum atomic E-state index is 11.7. The normalized spacial score (nSPS) is 14.6. The highest BCUT2D eigenvalue weighted by Gasteiger charge is 2.24. The van der Waals surface area contributed by atoms with Gasteiger partial charge in [0.15, 0.2) is 0 Å². The number of hydrogen-bond donors (Lipinski definition) is 1. The molecule has 0 aromatic carbocycles. The largest absolute Gasteiger partial charge is 0.460 e. The highest BCUT2D eigenvalue weighted by molar-refractivity contribution is 5.86. The van der Waals surface area contributed by atoms with Gasteiger partial charge in [-0.05, 0) is 26.2 Å². The van der Waals surface area contributed by atoms with Gasteiger partial charge in [-0.3, -0.25) is 0 Å². The van der Waals surface area contributed by atoms with Gasteiger partial charge >= 0.3 is 5.97 Å². The van der Waals surface area contributed by atoms with Gasteiger partial charge in [-0.15, -0.1) is 0 Å². The van der Waals surface area contributed by atoms with Gasteiger partial charge in [-0.2, -0.15) is 0 Å². The quantitative estimate of drug-likeness (QED) is 0.774. The van der Waals surface area contributed by atoms with Crippen molar-refractivity contribution in [3.8, 4) is 0 Å².